The van der Waals surface area contributed by atoms with Crippen molar-refractivity contribution in [1.82, 2.24) is 10.2 Å². The van der Waals surface area contributed by atoms with E-state index in [4.69, 9.17) is 21.1 Å². The van der Waals surface area contributed by atoms with Gasteiger partial charge in [0.15, 0.2) is 6.29 Å². The quantitative estimate of drug-likeness (QED) is 0.780. The van der Waals surface area contributed by atoms with Gasteiger partial charge in [-0.2, -0.15) is 0 Å². The van der Waals surface area contributed by atoms with Crippen LogP contribution in [0.15, 0.2) is 18.2 Å². The van der Waals surface area contributed by atoms with E-state index in [1.54, 1.807) is 26.4 Å². The summed E-state index contributed by atoms with van der Waals surface area (Å²) < 4.78 is 24.2. The molecule has 0 unspecified atom stereocenters. The molecule has 0 aliphatic carbocycles. The van der Waals surface area contributed by atoms with Gasteiger partial charge in [0.05, 0.1) is 11.1 Å². The fourth-order valence-electron chi connectivity index (χ4n) is 3.07. The third-order valence-corrected chi connectivity index (χ3v) is 4.57. The minimum atomic E-state index is -0.368. The summed E-state index contributed by atoms with van der Waals surface area (Å²) in [6.07, 6.45) is 0.724. The number of halogens is 2. The molecule has 1 aromatic rings. The zero-order valence-electron chi connectivity index (χ0n) is 13.3. The molecule has 4 nitrogen and oxygen atoms in total. The van der Waals surface area contributed by atoms with Gasteiger partial charge in [-0.25, -0.2) is 4.39 Å². The number of benzene rings is 1. The number of ether oxygens (including phenoxy) is 2. The van der Waals surface area contributed by atoms with E-state index in [1.165, 1.54) is 0 Å². The molecule has 124 valence electrons. The Morgan fingerprint density at radius 3 is 2.73 bits per heavy atom. The van der Waals surface area contributed by atoms with Crippen LogP contribution in [0, 0.1) is 5.82 Å². The third-order valence-electron chi connectivity index (χ3n) is 4.27. The highest BCUT2D eigenvalue weighted by molar-refractivity contribution is 6.30. The van der Waals surface area contributed by atoms with E-state index in [2.05, 4.69) is 17.1 Å². The molecule has 0 bridgehead atoms. The highest BCUT2D eigenvalue weighted by Crippen LogP contribution is 2.33. The standard InChI is InChI=1S/C16H24ClFN2O2/c1-4-20-8-7-14(19-10-15(21-2)22-3)16(20)11-5-6-12(17)13(18)9-11/h5-6,9,14-16,19H,4,7-8,10H2,1-3H3/t14-,16-/m0/s1. The fourth-order valence-corrected chi connectivity index (χ4v) is 3.19. The molecular formula is C16H24ClFN2O2. The van der Waals surface area contributed by atoms with E-state index < -0.39 is 0 Å². The van der Waals surface area contributed by atoms with Crippen molar-refractivity contribution in [2.24, 2.45) is 0 Å². The number of hydrogen-bond acceptors (Lipinski definition) is 4. The van der Waals surface area contributed by atoms with Crippen molar-refractivity contribution in [2.75, 3.05) is 33.9 Å². The van der Waals surface area contributed by atoms with Gasteiger partial charge in [-0.05, 0) is 30.7 Å². The molecule has 1 aliphatic heterocycles. The van der Waals surface area contributed by atoms with Crippen LogP contribution < -0.4 is 5.32 Å². The molecule has 1 aliphatic rings. The van der Waals surface area contributed by atoms with Crippen molar-refractivity contribution in [3.05, 3.63) is 34.6 Å². The second-order valence-corrected chi connectivity index (χ2v) is 5.86. The lowest BCUT2D eigenvalue weighted by atomic mass is 10.00. The second-order valence-electron chi connectivity index (χ2n) is 5.45. The number of methoxy groups -OCH3 is 2. The molecule has 0 saturated carbocycles. The van der Waals surface area contributed by atoms with Gasteiger partial charge in [-0.1, -0.05) is 24.6 Å². The average molecular weight is 331 g/mol. The first-order valence-electron chi connectivity index (χ1n) is 7.58. The lowest BCUT2D eigenvalue weighted by molar-refractivity contribution is -0.100. The molecule has 0 spiro atoms. The zero-order chi connectivity index (χ0) is 16.1. The van der Waals surface area contributed by atoms with Gasteiger partial charge in [-0.15, -0.1) is 0 Å². The Labute approximate surface area is 136 Å². The summed E-state index contributed by atoms with van der Waals surface area (Å²) in [4.78, 5) is 2.34. The smallest absolute Gasteiger partial charge is 0.169 e. The molecule has 2 atom stereocenters. The normalized spacial score (nSPS) is 22.6. The van der Waals surface area contributed by atoms with Crippen LogP contribution in [-0.4, -0.2) is 51.1 Å². The maximum Gasteiger partial charge on any atom is 0.169 e. The van der Waals surface area contributed by atoms with Crippen molar-refractivity contribution >= 4 is 11.6 Å². The van der Waals surface area contributed by atoms with Gasteiger partial charge in [0, 0.05) is 33.4 Å². The van der Waals surface area contributed by atoms with Crippen molar-refractivity contribution in [1.29, 1.82) is 0 Å². The van der Waals surface area contributed by atoms with Gasteiger partial charge in [0.25, 0.3) is 0 Å². The number of likely N-dealkylation sites (N-methyl/N-ethyl adjacent to an activating group) is 1. The summed E-state index contributed by atoms with van der Waals surface area (Å²) in [5, 5.41) is 3.64. The van der Waals surface area contributed by atoms with E-state index in [1.807, 2.05) is 6.07 Å². The lowest BCUT2D eigenvalue weighted by Gasteiger charge is -2.29. The van der Waals surface area contributed by atoms with E-state index in [0.29, 0.717) is 6.54 Å². The number of hydrogen-bond donors (Lipinski definition) is 1. The van der Waals surface area contributed by atoms with Crippen molar-refractivity contribution in [2.45, 2.75) is 31.7 Å². The van der Waals surface area contributed by atoms with Crippen LogP contribution in [0.2, 0.25) is 5.02 Å². The molecule has 22 heavy (non-hydrogen) atoms. The van der Waals surface area contributed by atoms with Crippen molar-refractivity contribution < 1.29 is 13.9 Å². The maximum atomic E-state index is 13.8. The molecule has 1 aromatic carbocycles. The Morgan fingerprint density at radius 1 is 1.41 bits per heavy atom. The Balaban J connectivity index is 2.13. The van der Waals surface area contributed by atoms with Crippen LogP contribution in [0.25, 0.3) is 0 Å². The molecule has 0 radical (unpaired) electrons. The third kappa shape index (κ3) is 3.97. The summed E-state index contributed by atoms with van der Waals surface area (Å²) in [5.41, 5.74) is 0.949. The highest BCUT2D eigenvalue weighted by atomic mass is 35.5. The number of rotatable bonds is 7. The first-order valence-corrected chi connectivity index (χ1v) is 7.96. The van der Waals surface area contributed by atoms with Gasteiger partial charge in [-0.3, -0.25) is 4.90 Å². The molecule has 0 amide bonds. The van der Waals surface area contributed by atoms with Crippen LogP contribution >= 0.6 is 11.6 Å². The van der Waals surface area contributed by atoms with E-state index in [9.17, 15) is 4.39 Å². The number of nitrogens with zero attached hydrogens (tertiary/aromatic N) is 1. The SMILES string of the molecule is CCN1CC[C@H](NCC(OC)OC)[C@@H]1c1ccc(Cl)c(F)c1. The van der Waals surface area contributed by atoms with Gasteiger partial charge in [0.1, 0.15) is 5.82 Å². The summed E-state index contributed by atoms with van der Waals surface area (Å²) in [6.45, 7) is 4.62. The molecular weight excluding hydrogens is 307 g/mol. The van der Waals surface area contributed by atoms with Gasteiger partial charge in [0.2, 0.25) is 0 Å². The molecule has 1 heterocycles. The first-order chi connectivity index (χ1) is 10.6. The minimum Gasteiger partial charge on any atom is -0.355 e. The van der Waals surface area contributed by atoms with E-state index in [-0.39, 0.29) is 29.2 Å². The molecule has 1 saturated heterocycles. The molecule has 0 aromatic heterocycles. The minimum absolute atomic E-state index is 0.131. The zero-order valence-corrected chi connectivity index (χ0v) is 14.1. The first kappa shape index (κ1) is 17.6. The van der Waals surface area contributed by atoms with Crippen molar-refractivity contribution in [3.8, 4) is 0 Å². The summed E-state index contributed by atoms with van der Waals surface area (Å²) in [6, 6.07) is 5.44. The topological polar surface area (TPSA) is 33.7 Å². The number of nitrogens with one attached hydrogen (secondary N) is 1. The van der Waals surface area contributed by atoms with Crippen LogP contribution in [0.3, 0.4) is 0 Å². The Bertz CT molecular complexity index is 485. The number of likely N-dealkylation sites (tertiary alicyclic amines) is 1. The van der Waals surface area contributed by atoms with Crippen LogP contribution in [0.1, 0.15) is 24.9 Å². The average Bonchev–Trinajstić information content (AvgIpc) is 2.94. The summed E-state index contributed by atoms with van der Waals surface area (Å²) in [5.74, 6) is -0.368. The highest BCUT2D eigenvalue weighted by Gasteiger charge is 2.34. The van der Waals surface area contributed by atoms with E-state index >= 15 is 0 Å². The second kappa shape index (κ2) is 8.22. The van der Waals surface area contributed by atoms with Crippen molar-refractivity contribution in [3.63, 3.8) is 0 Å². The fraction of sp³-hybridized carbons (Fsp3) is 0.625. The Kier molecular flexibility index (Phi) is 6.59. The molecule has 2 rings (SSSR count). The largest absolute Gasteiger partial charge is 0.355 e. The monoisotopic (exact) mass is 330 g/mol. The van der Waals surface area contributed by atoms with Gasteiger partial charge < -0.3 is 14.8 Å². The predicted octanol–water partition coefficient (Wildman–Crippen LogP) is 2.82. The predicted molar refractivity (Wildman–Crippen MR) is 85.6 cm³/mol. The Hall–Kier alpha value is -0.720. The van der Waals surface area contributed by atoms with Crippen LogP contribution in [0.5, 0.6) is 0 Å². The van der Waals surface area contributed by atoms with Crippen LogP contribution in [0.4, 0.5) is 4.39 Å². The molecule has 1 fully saturated rings. The summed E-state index contributed by atoms with van der Waals surface area (Å²) >= 11 is 5.80. The maximum absolute atomic E-state index is 13.8. The molecule has 6 heteroatoms. The summed E-state index contributed by atoms with van der Waals surface area (Å²) in [7, 11) is 3.24. The lowest BCUT2D eigenvalue weighted by Crippen LogP contribution is -2.40. The Morgan fingerprint density at radius 2 is 2.14 bits per heavy atom. The van der Waals surface area contributed by atoms with Crippen LogP contribution in [-0.2, 0) is 9.47 Å². The molecule has 1 N–H and O–H groups in total. The van der Waals surface area contributed by atoms with E-state index in [0.717, 1.165) is 25.1 Å². The van der Waals surface area contributed by atoms with Gasteiger partial charge >= 0.3 is 0 Å².